The first-order chi connectivity index (χ1) is 21.4. The van der Waals surface area contributed by atoms with Gasteiger partial charge in [-0.15, -0.1) is 34.0 Å². The van der Waals surface area contributed by atoms with E-state index in [9.17, 15) is 19.2 Å². The van der Waals surface area contributed by atoms with Gasteiger partial charge in [0.1, 0.15) is 9.75 Å². The summed E-state index contributed by atoms with van der Waals surface area (Å²) in [5.41, 5.74) is 12.9. The Hall–Kier alpha value is -3.11. The molecule has 0 saturated carbocycles. The number of Topliss-reactive ketones (excluding diaryl/α,β-unsaturated/α-hetero) is 1. The SMILES string of the molecule is CC(=O)N[C@@H](CCCCN)c1nc(C)sc1C(=O)N[C@@H](C)c1nc(CCCCN)sc1C(=O)N[C@@H](C)c1nc(C)sc1C(C)=O. The lowest BCUT2D eigenvalue weighted by Crippen LogP contribution is -2.32. The maximum absolute atomic E-state index is 13.7. The Labute approximate surface area is 276 Å². The lowest BCUT2D eigenvalue weighted by Gasteiger charge is -2.19. The average molecular weight is 677 g/mol. The fourth-order valence-electron chi connectivity index (χ4n) is 4.87. The molecule has 246 valence electrons. The summed E-state index contributed by atoms with van der Waals surface area (Å²) in [7, 11) is 0. The van der Waals surface area contributed by atoms with Crippen molar-refractivity contribution in [2.45, 2.75) is 98.2 Å². The standard InChI is InChI=1S/C30H44N8O4S3/c1-15(23-26(17(3)39)43-19(5)36-23)33-29(41)27-24(38-22(45-27)12-8-10-14-32)16(2)34-30(42)28-25(37-20(6)44-28)21(35-18(4)40)11-7-9-13-31/h15-16,21H,7-14,31-32H2,1-6H3,(H,33,41)(H,34,42)(H,35,40)/t15-,16-,21-/m0/s1. The zero-order valence-electron chi connectivity index (χ0n) is 26.7. The van der Waals surface area contributed by atoms with E-state index in [1.807, 2.05) is 13.8 Å². The highest BCUT2D eigenvalue weighted by atomic mass is 32.1. The minimum atomic E-state index is -0.617. The Morgan fingerprint density at radius 1 is 0.689 bits per heavy atom. The molecule has 12 nitrogen and oxygen atoms in total. The second-order valence-electron chi connectivity index (χ2n) is 10.9. The molecule has 0 aliphatic heterocycles. The van der Waals surface area contributed by atoms with Gasteiger partial charge in [0.05, 0.1) is 55.1 Å². The third-order valence-corrected chi connectivity index (χ3v) is 10.2. The van der Waals surface area contributed by atoms with E-state index >= 15 is 0 Å². The molecule has 0 radical (unpaired) electrons. The van der Waals surface area contributed by atoms with Crippen LogP contribution in [0.5, 0.6) is 0 Å². The predicted molar refractivity (Wildman–Crippen MR) is 179 cm³/mol. The number of ketones is 1. The zero-order chi connectivity index (χ0) is 33.3. The van der Waals surface area contributed by atoms with Crippen LogP contribution < -0.4 is 27.4 Å². The first-order valence-electron chi connectivity index (χ1n) is 15.1. The number of nitrogens with zero attached hydrogens (tertiary/aromatic N) is 3. The zero-order valence-corrected chi connectivity index (χ0v) is 29.2. The topological polar surface area (TPSA) is 195 Å². The number of aryl methyl sites for hydroxylation is 3. The van der Waals surface area contributed by atoms with Gasteiger partial charge in [0.25, 0.3) is 11.8 Å². The Morgan fingerprint density at radius 2 is 1.20 bits per heavy atom. The van der Waals surface area contributed by atoms with Gasteiger partial charge >= 0.3 is 0 Å². The third-order valence-electron chi connectivity index (χ3n) is 6.97. The highest BCUT2D eigenvalue weighted by molar-refractivity contribution is 7.14. The number of rotatable bonds is 17. The van der Waals surface area contributed by atoms with Gasteiger partial charge in [0.2, 0.25) is 5.91 Å². The number of carbonyl (C=O) groups excluding carboxylic acids is 4. The summed E-state index contributed by atoms with van der Waals surface area (Å²) in [4.78, 5) is 66.8. The van der Waals surface area contributed by atoms with Crippen LogP contribution in [0, 0.1) is 13.8 Å². The summed E-state index contributed by atoms with van der Waals surface area (Å²) in [6, 6.07) is -1.57. The van der Waals surface area contributed by atoms with Crippen LogP contribution in [-0.2, 0) is 11.2 Å². The fraction of sp³-hybridized carbons (Fsp3) is 0.567. The summed E-state index contributed by atoms with van der Waals surface area (Å²) in [6.07, 6.45) is 4.45. The molecule has 0 unspecified atom stereocenters. The normalized spacial score (nSPS) is 13.2. The van der Waals surface area contributed by atoms with Crippen molar-refractivity contribution in [2.24, 2.45) is 11.5 Å². The first kappa shape index (κ1) is 36.4. The molecule has 3 rings (SSSR count). The van der Waals surface area contributed by atoms with Gasteiger partial charge in [0, 0.05) is 13.8 Å². The Morgan fingerprint density at radius 3 is 1.76 bits per heavy atom. The smallest absolute Gasteiger partial charge is 0.263 e. The summed E-state index contributed by atoms with van der Waals surface area (Å²) >= 11 is 3.84. The lowest BCUT2D eigenvalue weighted by atomic mass is 10.0. The maximum atomic E-state index is 13.7. The molecule has 3 atom stereocenters. The summed E-state index contributed by atoms with van der Waals surface area (Å²) in [5, 5.41) is 11.1. The van der Waals surface area contributed by atoms with Crippen molar-refractivity contribution in [1.29, 1.82) is 0 Å². The van der Waals surface area contributed by atoms with Crippen molar-refractivity contribution in [3.63, 3.8) is 0 Å². The van der Waals surface area contributed by atoms with Gasteiger partial charge in [-0.2, -0.15) is 0 Å². The van der Waals surface area contributed by atoms with Crippen LogP contribution in [0.4, 0.5) is 0 Å². The molecule has 3 aromatic rings. The van der Waals surface area contributed by atoms with Gasteiger partial charge in [-0.1, -0.05) is 0 Å². The van der Waals surface area contributed by atoms with Gasteiger partial charge in [-0.25, -0.2) is 15.0 Å². The van der Waals surface area contributed by atoms with Gasteiger partial charge in [-0.3, -0.25) is 19.2 Å². The molecule has 0 aliphatic carbocycles. The van der Waals surface area contributed by atoms with E-state index in [-0.39, 0.29) is 23.5 Å². The minimum Gasteiger partial charge on any atom is -0.348 e. The molecule has 0 aliphatic rings. The van der Waals surface area contributed by atoms with Crippen LogP contribution in [0.25, 0.3) is 0 Å². The van der Waals surface area contributed by atoms with Gasteiger partial charge in [-0.05, 0) is 79.3 Å². The molecule has 15 heteroatoms. The van der Waals surface area contributed by atoms with Gasteiger partial charge in [0.15, 0.2) is 5.78 Å². The number of nitrogens with two attached hydrogens (primary N) is 2. The quantitative estimate of drug-likeness (QED) is 0.101. The molecule has 7 N–H and O–H groups in total. The molecule has 3 amide bonds. The molecule has 0 spiro atoms. The lowest BCUT2D eigenvalue weighted by molar-refractivity contribution is -0.119. The molecule has 0 aromatic carbocycles. The molecule has 3 aromatic heterocycles. The molecule has 3 heterocycles. The number of aromatic nitrogens is 3. The van der Waals surface area contributed by atoms with Crippen LogP contribution in [0.2, 0.25) is 0 Å². The van der Waals surface area contributed by atoms with Crippen LogP contribution in [-0.4, -0.2) is 51.5 Å². The van der Waals surface area contributed by atoms with E-state index in [4.69, 9.17) is 16.5 Å². The predicted octanol–water partition coefficient (Wildman–Crippen LogP) is 4.45. The first-order valence-corrected chi connectivity index (χ1v) is 17.5. The molecule has 0 fully saturated rings. The number of carbonyl (C=O) groups is 4. The minimum absolute atomic E-state index is 0.105. The summed E-state index contributed by atoms with van der Waals surface area (Å²) in [5.74, 6) is -1.04. The Kier molecular flexibility index (Phi) is 13.7. The molecule has 0 bridgehead atoms. The monoisotopic (exact) mass is 676 g/mol. The molecular formula is C30H44N8O4S3. The third kappa shape index (κ3) is 9.94. The van der Waals surface area contributed by atoms with E-state index in [1.165, 1.54) is 47.9 Å². The van der Waals surface area contributed by atoms with Crippen molar-refractivity contribution in [2.75, 3.05) is 13.1 Å². The van der Waals surface area contributed by atoms with Crippen LogP contribution in [0.15, 0.2) is 0 Å². The fourth-order valence-corrected chi connectivity index (χ4v) is 7.77. The second kappa shape index (κ2) is 17.0. The number of nitrogens with one attached hydrogen (secondary N) is 3. The Balaban J connectivity index is 1.89. The van der Waals surface area contributed by atoms with Crippen molar-refractivity contribution in [3.05, 3.63) is 46.7 Å². The Bertz CT molecular complexity index is 1500. The second-order valence-corrected chi connectivity index (χ2v) is 14.4. The number of amides is 3. The number of thiazole rings is 3. The number of hydrogen-bond donors (Lipinski definition) is 5. The van der Waals surface area contributed by atoms with E-state index in [1.54, 1.807) is 13.8 Å². The van der Waals surface area contributed by atoms with Gasteiger partial charge < -0.3 is 27.4 Å². The van der Waals surface area contributed by atoms with E-state index in [0.29, 0.717) is 62.7 Å². The largest absolute Gasteiger partial charge is 0.348 e. The van der Waals surface area contributed by atoms with E-state index < -0.39 is 18.1 Å². The molecular weight excluding hydrogens is 633 g/mol. The number of unbranched alkanes of at least 4 members (excludes halogenated alkanes) is 2. The highest BCUT2D eigenvalue weighted by Gasteiger charge is 2.29. The summed E-state index contributed by atoms with van der Waals surface area (Å²) in [6.45, 7) is 11.2. The van der Waals surface area contributed by atoms with Crippen molar-refractivity contribution in [1.82, 2.24) is 30.9 Å². The molecule has 45 heavy (non-hydrogen) atoms. The number of hydrogen-bond acceptors (Lipinski definition) is 12. The van der Waals surface area contributed by atoms with Crippen LogP contribution in [0.3, 0.4) is 0 Å². The van der Waals surface area contributed by atoms with Crippen molar-refractivity contribution in [3.8, 4) is 0 Å². The van der Waals surface area contributed by atoms with Crippen LogP contribution >= 0.6 is 34.0 Å². The maximum Gasteiger partial charge on any atom is 0.263 e. The van der Waals surface area contributed by atoms with E-state index in [0.717, 1.165) is 35.7 Å². The van der Waals surface area contributed by atoms with Crippen LogP contribution in [0.1, 0.15) is 139 Å². The average Bonchev–Trinajstić information content (AvgIpc) is 3.69. The molecule has 0 saturated heterocycles. The van der Waals surface area contributed by atoms with E-state index in [2.05, 4.69) is 25.9 Å². The summed E-state index contributed by atoms with van der Waals surface area (Å²) < 4.78 is 0. The van der Waals surface area contributed by atoms with Crippen molar-refractivity contribution < 1.29 is 19.2 Å². The van der Waals surface area contributed by atoms with Crippen molar-refractivity contribution >= 4 is 57.5 Å². The highest BCUT2D eigenvalue weighted by Crippen LogP contribution is 2.31.